The Morgan fingerprint density at radius 1 is 0.895 bits per heavy atom. The first-order valence-electron chi connectivity index (χ1n) is 5.96. The number of hydrogen-bond acceptors (Lipinski definition) is 2. The van der Waals surface area contributed by atoms with Gasteiger partial charge in [-0.05, 0) is 24.1 Å². The van der Waals surface area contributed by atoms with E-state index in [1.54, 1.807) is 24.3 Å². The van der Waals surface area contributed by atoms with Gasteiger partial charge in [-0.2, -0.15) is 0 Å². The van der Waals surface area contributed by atoms with Crippen LogP contribution >= 0.6 is 0 Å². The van der Waals surface area contributed by atoms with Gasteiger partial charge < -0.3 is 0 Å². The molecular formula is C15H15FO2S. The predicted molar refractivity (Wildman–Crippen MR) is 73.9 cm³/mol. The zero-order valence-corrected chi connectivity index (χ0v) is 11.5. The maximum atomic E-state index is 13.5. The maximum Gasteiger partial charge on any atom is 0.158 e. The van der Waals surface area contributed by atoms with E-state index in [-0.39, 0.29) is 17.1 Å². The summed E-state index contributed by atoms with van der Waals surface area (Å²) in [4.78, 5) is 0. The summed E-state index contributed by atoms with van der Waals surface area (Å²) < 4.78 is 37.7. The van der Waals surface area contributed by atoms with Crippen LogP contribution in [-0.4, -0.2) is 8.42 Å². The van der Waals surface area contributed by atoms with Crippen molar-refractivity contribution >= 4 is 9.84 Å². The summed E-state index contributed by atoms with van der Waals surface area (Å²) in [5.41, 5.74) is 1.91. The largest absolute Gasteiger partial charge is 0.228 e. The van der Waals surface area contributed by atoms with E-state index >= 15 is 0 Å². The predicted octanol–water partition coefficient (Wildman–Crippen LogP) is 3.25. The van der Waals surface area contributed by atoms with Gasteiger partial charge >= 0.3 is 0 Å². The number of rotatable bonds is 4. The Balaban J connectivity index is 2.21. The fourth-order valence-corrected chi connectivity index (χ4v) is 3.52. The molecule has 0 bridgehead atoms. The summed E-state index contributed by atoms with van der Waals surface area (Å²) in [6, 6.07) is 13.3. The third-order valence-electron chi connectivity index (χ3n) is 2.97. The molecule has 19 heavy (non-hydrogen) atoms. The fraction of sp³-hybridized carbons (Fsp3) is 0.200. The molecule has 0 amide bonds. The van der Waals surface area contributed by atoms with Crippen LogP contribution in [0.15, 0.2) is 48.5 Å². The minimum atomic E-state index is -3.37. The van der Waals surface area contributed by atoms with Crippen molar-refractivity contribution in [1.82, 2.24) is 0 Å². The van der Waals surface area contributed by atoms with Crippen LogP contribution in [0.5, 0.6) is 0 Å². The molecule has 0 radical (unpaired) electrons. The average molecular weight is 278 g/mol. The molecule has 0 heterocycles. The number of aryl methyl sites for hydroxylation is 1. The van der Waals surface area contributed by atoms with E-state index in [9.17, 15) is 12.8 Å². The van der Waals surface area contributed by atoms with E-state index < -0.39 is 15.7 Å². The summed E-state index contributed by atoms with van der Waals surface area (Å²) in [6.07, 6.45) is 0. The first-order valence-corrected chi connectivity index (χ1v) is 7.78. The van der Waals surface area contributed by atoms with Crippen LogP contribution in [0.3, 0.4) is 0 Å². The van der Waals surface area contributed by atoms with E-state index in [1.165, 1.54) is 12.1 Å². The molecule has 0 aliphatic heterocycles. The van der Waals surface area contributed by atoms with Crippen molar-refractivity contribution in [2.75, 3.05) is 0 Å². The van der Waals surface area contributed by atoms with Gasteiger partial charge in [0.1, 0.15) is 5.82 Å². The van der Waals surface area contributed by atoms with E-state index in [1.807, 2.05) is 19.1 Å². The van der Waals surface area contributed by atoms with Crippen molar-refractivity contribution in [3.63, 3.8) is 0 Å². The van der Waals surface area contributed by atoms with Crippen LogP contribution in [0.2, 0.25) is 0 Å². The quantitative estimate of drug-likeness (QED) is 0.860. The summed E-state index contributed by atoms with van der Waals surface area (Å²) in [5, 5.41) is 0. The van der Waals surface area contributed by atoms with Crippen molar-refractivity contribution in [1.29, 1.82) is 0 Å². The molecule has 0 unspecified atom stereocenters. The van der Waals surface area contributed by atoms with E-state index in [4.69, 9.17) is 0 Å². The van der Waals surface area contributed by atoms with Gasteiger partial charge in [0.2, 0.25) is 0 Å². The minimum absolute atomic E-state index is 0.0615. The molecule has 0 saturated heterocycles. The van der Waals surface area contributed by atoms with Gasteiger partial charge in [0.15, 0.2) is 9.84 Å². The lowest BCUT2D eigenvalue weighted by Crippen LogP contribution is -2.09. The first-order chi connectivity index (χ1) is 8.98. The molecule has 4 heteroatoms. The molecule has 0 spiro atoms. The molecule has 0 saturated carbocycles. The van der Waals surface area contributed by atoms with Crippen LogP contribution in [0.4, 0.5) is 4.39 Å². The zero-order valence-electron chi connectivity index (χ0n) is 10.6. The monoisotopic (exact) mass is 278 g/mol. The van der Waals surface area contributed by atoms with Gasteiger partial charge in [0.05, 0.1) is 11.5 Å². The van der Waals surface area contributed by atoms with Crippen LogP contribution in [0.1, 0.15) is 16.7 Å². The van der Waals surface area contributed by atoms with E-state index in [2.05, 4.69) is 0 Å². The Labute approximate surface area is 112 Å². The lowest BCUT2D eigenvalue weighted by atomic mass is 10.1. The molecule has 0 N–H and O–H groups in total. The summed E-state index contributed by atoms with van der Waals surface area (Å²) >= 11 is 0. The zero-order chi connectivity index (χ0) is 13.9. The Morgan fingerprint density at radius 2 is 1.42 bits per heavy atom. The second-order valence-corrected chi connectivity index (χ2v) is 6.61. The van der Waals surface area contributed by atoms with Gasteiger partial charge in [-0.15, -0.1) is 0 Å². The molecule has 2 aromatic rings. The molecule has 0 aromatic heterocycles. The molecule has 0 fully saturated rings. The first kappa shape index (κ1) is 13.7. The lowest BCUT2D eigenvalue weighted by molar-refractivity contribution is 0.586. The number of hydrogen-bond donors (Lipinski definition) is 0. The van der Waals surface area contributed by atoms with Crippen LogP contribution in [-0.2, 0) is 21.3 Å². The number of sulfone groups is 1. The minimum Gasteiger partial charge on any atom is -0.228 e. The summed E-state index contributed by atoms with van der Waals surface area (Å²) in [6.45, 7) is 1.87. The topological polar surface area (TPSA) is 34.1 Å². The SMILES string of the molecule is Cc1ccccc1CS(=O)(=O)Cc1ccccc1F. The van der Waals surface area contributed by atoms with Crippen molar-refractivity contribution in [2.24, 2.45) is 0 Å². The molecule has 2 nitrogen and oxygen atoms in total. The summed E-state index contributed by atoms with van der Waals surface area (Å²) in [5.74, 6) is -0.807. The van der Waals surface area contributed by atoms with Gasteiger partial charge in [-0.1, -0.05) is 42.5 Å². The Morgan fingerprint density at radius 3 is 2.05 bits per heavy atom. The number of halogens is 1. The van der Waals surface area contributed by atoms with Crippen LogP contribution < -0.4 is 0 Å². The van der Waals surface area contributed by atoms with Crippen LogP contribution in [0, 0.1) is 12.7 Å². The lowest BCUT2D eigenvalue weighted by Gasteiger charge is -2.08. The van der Waals surface area contributed by atoms with Gasteiger partial charge in [-0.25, -0.2) is 12.8 Å². The Hall–Kier alpha value is -1.68. The standard InChI is InChI=1S/C15H15FO2S/c1-12-6-2-3-7-13(12)10-19(17,18)11-14-8-4-5-9-15(14)16/h2-9H,10-11H2,1H3. The maximum absolute atomic E-state index is 13.5. The average Bonchev–Trinajstić information content (AvgIpc) is 2.35. The highest BCUT2D eigenvalue weighted by molar-refractivity contribution is 7.89. The molecule has 2 aromatic carbocycles. The highest BCUT2D eigenvalue weighted by atomic mass is 32.2. The normalized spacial score (nSPS) is 11.5. The summed E-state index contributed by atoms with van der Waals surface area (Å²) in [7, 11) is -3.37. The second kappa shape index (κ2) is 5.53. The van der Waals surface area contributed by atoms with Crippen molar-refractivity contribution in [3.05, 3.63) is 71.0 Å². The molecular weight excluding hydrogens is 263 g/mol. The van der Waals surface area contributed by atoms with Gasteiger partial charge in [0, 0.05) is 5.56 Å². The fourth-order valence-electron chi connectivity index (χ4n) is 1.91. The van der Waals surface area contributed by atoms with E-state index in [0.717, 1.165) is 11.1 Å². The molecule has 100 valence electrons. The third kappa shape index (κ3) is 3.64. The highest BCUT2D eigenvalue weighted by Crippen LogP contribution is 2.17. The molecule has 2 rings (SSSR count). The molecule has 0 aliphatic carbocycles. The highest BCUT2D eigenvalue weighted by Gasteiger charge is 2.16. The Bertz CT molecular complexity index is 625. The van der Waals surface area contributed by atoms with Gasteiger partial charge in [-0.3, -0.25) is 0 Å². The number of benzene rings is 2. The third-order valence-corrected chi connectivity index (χ3v) is 4.47. The smallest absolute Gasteiger partial charge is 0.158 e. The molecule has 0 aliphatic rings. The van der Waals surface area contributed by atoms with Crippen molar-refractivity contribution in [2.45, 2.75) is 18.4 Å². The van der Waals surface area contributed by atoms with Crippen molar-refractivity contribution in [3.8, 4) is 0 Å². The van der Waals surface area contributed by atoms with E-state index in [0.29, 0.717) is 0 Å². The van der Waals surface area contributed by atoms with Crippen LogP contribution in [0.25, 0.3) is 0 Å². The van der Waals surface area contributed by atoms with Crippen molar-refractivity contribution < 1.29 is 12.8 Å². The van der Waals surface area contributed by atoms with Gasteiger partial charge in [0.25, 0.3) is 0 Å². The Kier molecular flexibility index (Phi) is 4.00. The molecule has 0 atom stereocenters. The second-order valence-electron chi connectivity index (χ2n) is 4.55.